The number of carboxylic acids is 1. The van der Waals surface area contributed by atoms with Crippen LogP contribution in [0.5, 0.6) is 5.75 Å². The molecule has 4 atom stereocenters. The highest BCUT2D eigenvalue weighted by atomic mass is 16.5. The van der Waals surface area contributed by atoms with Gasteiger partial charge in [0.15, 0.2) is 0 Å². The van der Waals surface area contributed by atoms with Crippen molar-refractivity contribution in [1.29, 1.82) is 0 Å². The Balaban J connectivity index is 0.000000937. The smallest absolute Gasteiger partial charge is 0.306 e. The molecule has 2 aromatic carbocycles. The van der Waals surface area contributed by atoms with Gasteiger partial charge in [0.2, 0.25) is 0 Å². The number of fused-ring (bicyclic) bond motifs is 4. The fourth-order valence-corrected chi connectivity index (χ4v) is 6.31. The Hall–Kier alpha value is -3.59. The first-order valence-electron chi connectivity index (χ1n) is 13.3. The number of hydrogen-bond acceptors (Lipinski definition) is 6. The third kappa shape index (κ3) is 4.60. The maximum Gasteiger partial charge on any atom is 0.306 e. The Labute approximate surface area is 221 Å². The van der Waals surface area contributed by atoms with E-state index >= 15 is 0 Å². The van der Waals surface area contributed by atoms with Crippen molar-refractivity contribution in [2.24, 2.45) is 5.92 Å². The lowest BCUT2D eigenvalue weighted by Gasteiger charge is -2.34. The van der Waals surface area contributed by atoms with Gasteiger partial charge in [0.25, 0.3) is 6.47 Å². The molecule has 0 bridgehead atoms. The van der Waals surface area contributed by atoms with Gasteiger partial charge in [-0.3, -0.25) is 9.59 Å². The van der Waals surface area contributed by atoms with Crippen LogP contribution in [0.2, 0.25) is 0 Å². The van der Waals surface area contributed by atoms with Crippen molar-refractivity contribution >= 4 is 29.2 Å². The summed E-state index contributed by atoms with van der Waals surface area (Å²) in [4.78, 5) is 27.6. The van der Waals surface area contributed by atoms with E-state index in [1.165, 1.54) is 11.3 Å². The molecule has 3 heterocycles. The monoisotopic (exact) mass is 521 g/mol. The number of benzene rings is 2. The number of hydrogen-bond donors (Lipinski definition) is 3. The third-order valence-electron chi connectivity index (χ3n) is 8.46. The van der Waals surface area contributed by atoms with Crippen molar-refractivity contribution in [2.75, 3.05) is 18.6 Å². The Bertz CT molecular complexity index is 1350. The zero-order valence-electron chi connectivity index (χ0n) is 21.8. The summed E-state index contributed by atoms with van der Waals surface area (Å²) in [5.41, 5.74) is 6.28. The van der Waals surface area contributed by atoms with E-state index in [0.717, 1.165) is 60.0 Å². The predicted molar refractivity (Wildman–Crippen MR) is 143 cm³/mol. The summed E-state index contributed by atoms with van der Waals surface area (Å²) in [5.74, 6) is 0.410. The molecule has 0 radical (unpaired) electrons. The molecule has 2 aliphatic heterocycles. The van der Waals surface area contributed by atoms with Gasteiger partial charge in [-0.25, -0.2) is 4.98 Å². The first kappa shape index (κ1) is 26.0. The minimum Gasteiger partial charge on any atom is -0.493 e. The molecule has 3 aromatic rings. The van der Waals surface area contributed by atoms with Crippen LogP contribution in [-0.2, 0) is 22.4 Å². The van der Waals surface area contributed by atoms with Crippen molar-refractivity contribution in [3.8, 4) is 5.75 Å². The van der Waals surface area contributed by atoms with Crippen LogP contribution in [0.15, 0.2) is 30.3 Å². The van der Waals surface area contributed by atoms with E-state index in [-0.39, 0.29) is 18.4 Å². The first-order chi connectivity index (χ1) is 18.3. The van der Waals surface area contributed by atoms with Gasteiger partial charge >= 0.3 is 5.97 Å². The molecule has 1 fully saturated rings. The predicted octanol–water partition coefficient (Wildman–Crippen LogP) is 4.34. The second kappa shape index (κ2) is 10.6. The largest absolute Gasteiger partial charge is 0.493 e. The lowest BCUT2D eigenvalue weighted by Crippen LogP contribution is -2.33. The van der Waals surface area contributed by atoms with Crippen molar-refractivity contribution in [1.82, 2.24) is 9.55 Å². The minimum absolute atomic E-state index is 0.00412. The molecular formula is C29H35N3O6. The topological polar surface area (TPSA) is 125 Å². The van der Waals surface area contributed by atoms with Gasteiger partial charge in [0.1, 0.15) is 17.7 Å². The lowest BCUT2D eigenvalue weighted by molar-refractivity contribution is -0.143. The summed E-state index contributed by atoms with van der Waals surface area (Å²) in [6, 6.07) is 10.6. The highest BCUT2D eigenvalue weighted by Gasteiger charge is 2.34. The van der Waals surface area contributed by atoms with E-state index in [1.807, 2.05) is 18.2 Å². The molecule has 9 heteroatoms. The number of aryl methyl sites for hydroxylation is 1. The maximum atomic E-state index is 11.8. The Morgan fingerprint density at radius 3 is 2.74 bits per heavy atom. The summed E-state index contributed by atoms with van der Waals surface area (Å²) in [6.07, 6.45) is 4.97. The van der Waals surface area contributed by atoms with Gasteiger partial charge in [-0.1, -0.05) is 12.5 Å². The van der Waals surface area contributed by atoms with E-state index in [1.54, 1.807) is 0 Å². The highest BCUT2D eigenvalue weighted by molar-refractivity contribution is 5.86. The van der Waals surface area contributed by atoms with Crippen LogP contribution in [0.3, 0.4) is 0 Å². The zero-order chi connectivity index (χ0) is 27.0. The molecule has 3 N–H and O–H groups in total. The van der Waals surface area contributed by atoms with Crippen molar-refractivity contribution in [3.05, 3.63) is 52.8 Å². The van der Waals surface area contributed by atoms with Gasteiger partial charge in [0, 0.05) is 36.8 Å². The van der Waals surface area contributed by atoms with Crippen molar-refractivity contribution in [3.63, 3.8) is 0 Å². The number of aromatic nitrogens is 2. The second-order valence-electron chi connectivity index (χ2n) is 10.6. The van der Waals surface area contributed by atoms with Crippen LogP contribution >= 0.6 is 0 Å². The SMILES string of the molecule is CC1CCc2c(ccc3c2nc(C(O)c2ccc4c(c2)CCO4)n3C2CCCC(C(=O)O)C2)N1C.O=CO. The molecule has 1 saturated carbocycles. The molecule has 4 unspecified atom stereocenters. The summed E-state index contributed by atoms with van der Waals surface area (Å²) in [6.45, 7) is 2.66. The van der Waals surface area contributed by atoms with Crippen molar-refractivity contribution in [2.45, 2.75) is 70.1 Å². The number of aliphatic carboxylic acids is 1. The van der Waals surface area contributed by atoms with Gasteiger partial charge in [-0.15, -0.1) is 0 Å². The number of anilines is 1. The van der Waals surface area contributed by atoms with Gasteiger partial charge in [-0.2, -0.15) is 0 Å². The van der Waals surface area contributed by atoms with Crippen LogP contribution in [0.1, 0.15) is 73.7 Å². The fourth-order valence-electron chi connectivity index (χ4n) is 6.31. The minimum atomic E-state index is -0.894. The molecule has 1 aromatic heterocycles. The zero-order valence-corrected chi connectivity index (χ0v) is 21.8. The number of rotatable bonds is 4. The van der Waals surface area contributed by atoms with Crippen molar-refractivity contribution < 1.29 is 29.6 Å². The third-order valence-corrected chi connectivity index (χ3v) is 8.46. The van der Waals surface area contributed by atoms with Gasteiger partial charge in [0.05, 0.1) is 23.6 Å². The Kier molecular flexibility index (Phi) is 7.29. The lowest BCUT2D eigenvalue weighted by atomic mass is 9.85. The molecule has 38 heavy (non-hydrogen) atoms. The van der Waals surface area contributed by atoms with E-state index < -0.39 is 12.1 Å². The molecule has 202 valence electrons. The number of carbonyl (C=O) groups is 2. The Morgan fingerprint density at radius 2 is 1.97 bits per heavy atom. The average Bonchev–Trinajstić information content (AvgIpc) is 3.55. The molecule has 0 saturated heterocycles. The summed E-state index contributed by atoms with van der Waals surface area (Å²) < 4.78 is 7.82. The quantitative estimate of drug-likeness (QED) is 0.433. The molecule has 1 aliphatic carbocycles. The van der Waals surface area contributed by atoms with Gasteiger partial charge in [-0.05, 0) is 74.4 Å². The second-order valence-corrected chi connectivity index (χ2v) is 10.6. The summed E-state index contributed by atoms with van der Waals surface area (Å²) in [5, 5.41) is 28.3. The van der Waals surface area contributed by atoms with E-state index in [4.69, 9.17) is 19.6 Å². The number of aliphatic hydroxyl groups excluding tert-OH is 1. The summed E-state index contributed by atoms with van der Waals surface area (Å²) in [7, 11) is 2.13. The average molecular weight is 522 g/mol. The number of ether oxygens (including phenoxy) is 1. The van der Waals surface area contributed by atoms with Crippen LogP contribution in [0.4, 0.5) is 5.69 Å². The van der Waals surface area contributed by atoms with Crippen LogP contribution in [0, 0.1) is 5.92 Å². The first-order valence-corrected chi connectivity index (χ1v) is 13.3. The standard InChI is InChI=1S/C28H33N3O4.CH2O2/c1-16-6-8-21-22(30(16)2)9-10-23-25(21)29-27(31(23)20-5-3-4-19(15-20)28(33)34)26(32)18-7-11-24-17(14-18)12-13-35-24;2-1-3/h7,9-11,14,16,19-20,26,32H,3-6,8,12-13,15H2,1-2H3,(H,33,34);1H,(H,2,3). The summed E-state index contributed by atoms with van der Waals surface area (Å²) >= 11 is 0. The molecule has 6 rings (SSSR count). The maximum absolute atomic E-state index is 11.8. The van der Waals surface area contributed by atoms with Crippen LogP contribution < -0.4 is 9.64 Å². The molecular weight excluding hydrogens is 486 g/mol. The normalized spacial score (nSPS) is 23.0. The van der Waals surface area contributed by atoms with Crippen LogP contribution in [-0.4, -0.2) is 57.0 Å². The van der Waals surface area contributed by atoms with Crippen LogP contribution in [0.25, 0.3) is 11.0 Å². The molecule has 9 nitrogen and oxygen atoms in total. The Morgan fingerprint density at radius 1 is 1.18 bits per heavy atom. The fraction of sp³-hybridized carbons (Fsp3) is 0.483. The molecule has 3 aliphatic rings. The van der Waals surface area contributed by atoms with Gasteiger partial charge < -0.3 is 29.5 Å². The van der Waals surface area contributed by atoms with E-state index in [9.17, 15) is 15.0 Å². The molecule has 0 spiro atoms. The van der Waals surface area contributed by atoms with E-state index in [0.29, 0.717) is 31.3 Å². The highest BCUT2D eigenvalue weighted by Crippen LogP contribution is 2.42. The number of imidazole rings is 1. The molecule has 0 amide bonds. The van der Waals surface area contributed by atoms with E-state index in [2.05, 4.69) is 35.6 Å². The number of carboxylic acid groups (broad SMARTS) is 2. The number of nitrogens with zero attached hydrogens (tertiary/aromatic N) is 3. The number of aliphatic hydroxyl groups is 1.